The summed E-state index contributed by atoms with van der Waals surface area (Å²) in [5.41, 5.74) is 1.40. The molecule has 0 unspecified atom stereocenters. The average molecular weight is 350 g/mol. The van der Waals surface area contributed by atoms with Gasteiger partial charge in [0.1, 0.15) is 18.1 Å². The Morgan fingerprint density at radius 3 is 2.81 bits per heavy atom. The smallest absolute Gasteiger partial charge is 0.368 e. The van der Waals surface area contributed by atoms with Gasteiger partial charge in [0, 0.05) is 23.3 Å². The van der Waals surface area contributed by atoms with Crippen LogP contribution in [0.25, 0.3) is 6.08 Å². The van der Waals surface area contributed by atoms with Gasteiger partial charge in [0.05, 0.1) is 10.5 Å². The van der Waals surface area contributed by atoms with Crippen molar-refractivity contribution in [3.63, 3.8) is 0 Å². The number of nitro groups is 1. The molecule has 0 N–H and O–H groups in total. The van der Waals surface area contributed by atoms with Crippen LogP contribution in [0.1, 0.15) is 11.1 Å². The van der Waals surface area contributed by atoms with Crippen molar-refractivity contribution in [3.05, 3.63) is 88.0 Å². The summed E-state index contributed by atoms with van der Waals surface area (Å²) >= 11 is 0. The highest BCUT2D eigenvalue weighted by Gasteiger charge is 2.28. The Morgan fingerprint density at radius 2 is 2.04 bits per heavy atom. The van der Waals surface area contributed by atoms with Crippen LogP contribution in [0.2, 0.25) is 0 Å². The van der Waals surface area contributed by atoms with E-state index in [4.69, 9.17) is 9.57 Å². The fourth-order valence-corrected chi connectivity index (χ4v) is 2.42. The van der Waals surface area contributed by atoms with Gasteiger partial charge in [-0.3, -0.25) is 10.1 Å². The molecule has 0 fully saturated rings. The lowest BCUT2D eigenvalue weighted by molar-refractivity contribution is -0.384. The highest BCUT2D eigenvalue weighted by atomic mass is 16.7. The predicted molar refractivity (Wildman–Crippen MR) is 95.8 cm³/mol. The summed E-state index contributed by atoms with van der Waals surface area (Å²) in [6.07, 6.45) is 3.20. The number of non-ortho nitro benzene ring substituents is 1. The molecule has 0 saturated heterocycles. The van der Waals surface area contributed by atoms with Gasteiger partial charge in [-0.2, -0.15) is 0 Å². The van der Waals surface area contributed by atoms with Crippen LogP contribution in [0.3, 0.4) is 0 Å². The van der Waals surface area contributed by atoms with Crippen molar-refractivity contribution >= 4 is 23.4 Å². The molecule has 0 atom stereocenters. The van der Waals surface area contributed by atoms with Crippen molar-refractivity contribution in [2.45, 2.75) is 0 Å². The molecule has 1 aliphatic heterocycles. The number of nitrogens with zero attached hydrogens (tertiary/aromatic N) is 2. The number of rotatable bonds is 6. The summed E-state index contributed by atoms with van der Waals surface area (Å²) in [6.45, 7) is 3.92. The van der Waals surface area contributed by atoms with Gasteiger partial charge >= 0.3 is 5.97 Å². The number of nitro benzene ring substituents is 1. The average Bonchev–Trinajstić information content (AvgIpc) is 3.01. The Hall–Kier alpha value is -3.74. The summed E-state index contributed by atoms with van der Waals surface area (Å²) < 4.78 is 5.58. The molecule has 2 aromatic rings. The number of oxime groups is 1. The van der Waals surface area contributed by atoms with Crippen LogP contribution in [-0.2, 0) is 9.63 Å². The molecule has 0 radical (unpaired) electrons. The van der Waals surface area contributed by atoms with E-state index in [0.717, 1.165) is 0 Å². The third kappa shape index (κ3) is 3.51. The lowest BCUT2D eigenvalue weighted by Crippen LogP contribution is -2.07. The van der Waals surface area contributed by atoms with Crippen LogP contribution in [0, 0.1) is 10.1 Å². The molecule has 0 spiro atoms. The number of hydrogen-bond acceptors (Lipinski definition) is 6. The molecule has 26 heavy (non-hydrogen) atoms. The Balaban J connectivity index is 2.01. The molecule has 7 heteroatoms. The number of hydrogen-bond donors (Lipinski definition) is 0. The Kier molecular flexibility index (Phi) is 4.89. The molecule has 0 bridgehead atoms. The summed E-state index contributed by atoms with van der Waals surface area (Å²) in [6, 6.07) is 13.0. The SMILES string of the molecule is C=CCOc1ccccc1C=C1C(=O)ON=C1c1cccc([N+](=O)[O-])c1. The van der Waals surface area contributed by atoms with Gasteiger partial charge in [0.2, 0.25) is 0 Å². The topological polar surface area (TPSA) is 91.0 Å². The third-order valence-electron chi connectivity index (χ3n) is 3.60. The number of carbonyl (C=O) groups excluding carboxylic acids is 1. The second-order valence-corrected chi connectivity index (χ2v) is 5.32. The molecule has 130 valence electrons. The second-order valence-electron chi connectivity index (χ2n) is 5.32. The van der Waals surface area contributed by atoms with Crippen molar-refractivity contribution in [1.82, 2.24) is 0 Å². The first-order valence-electron chi connectivity index (χ1n) is 7.69. The minimum absolute atomic E-state index is 0.0985. The first-order valence-corrected chi connectivity index (χ1v) is 7.69. The van der Waals surface area contributed by atoms with Crippen molar-refractivity contribution in [2.24, 2.45) is 5.16 Å². The minimum Gasteiger partial charge on any atom is -0.489 e. The minimum atomic E-state index is -0.634. The Bertz CT molecular complexity index is 946. The molecule has 1 aliphatic rings. The van der Waals surface area contributed by atoms with Crippen LogP contribution in [-0.4, -0.2) is 23.2 Å². The van der Waals surface area contributed by atoms with Crippen LogP contribution in [0.15, 0.2) is 71.9 Å². The number of carbonyl (C=O) groups is 1. The zero-order valence-corrected chi connectivity index (χ0v) is 13.6. The van der Waals surface area contributed by atoms with Crippen LogP contribution in [0.5, 0.6) is 5.75 Å². The van der Waals surface area contributed by atoms with E-state index in [9.17, 15) is 14.9 Å². The van der Waals surface area contributed by atoms with E-state index in [1.165, 1.54) is 18.2 Å². The van der Waals surface area contributed by atoms with Crippen molar-refractivity contribution < 1.29 is 19.3 Å². The highest BCUT2D eigenvalue weighted by Crippen LogP contribution is 2.26. The molecular weight excluding hydrogens is 336 g/mol. The van der Waals surface area contributed by atoms with Crippen molar-refractivity contribution in [2.75, 3.05) is 6.61 Å². The first kappa shape index (κ1) is 17.1. The maximum absolute atomic E-state index is 12.1. The lowest BCUT2D eigenvalue weighted by Gasteiger charge is -2.07. The number of benzene rings is 2. The van der Waals surface area contributed by atoms with Crippen LogP contribution >= 0.6 is 0 Å². The molecule has 7 nitrogen and oxygen atoms in total. The normalized spacial score (nSPS) is 14.7. The molecule has 3 rings (SSSR count). The Labute approximate surface area is 149 Å². The molecule has 1 heterocycles. The monoisotopic (exact) mass is 350 g/mol. The molecule has 0 saturated carbocycles. The van der Waals surface area contributed by atoms with E-state index in [1.807, 2.05) is 6.07 Å². The molecule has 0 aromatic heterocycles. The maximum atomic E-state index is 12.1. The molecule has 0 amide bonds. The van der Waals surface area contributed by atoms with Gasteiger partial charge in [-0.25, -0.2) is 4.79 Å². The quantitative estimate of drug-likeness (QED) is 0.261. The largest absolute Gasteiger partial charge is 0.489 e. The predicted octanol–water partition coefficient (Wildman–Crippen LogP) is 3.50. The molecular formula is C19H14N2O5. The van der Waals surface area contributed by atoms with Gasteiger partial charge in [0.25, 0.3) is 5.69 Å². The van der Waals surface area contributed by atoms with Crippen molar-refractivity contribution in [1.29, 1.82) is 0 Å². The zero-order chi connectivity index (χ0) is 18.5. The lowest BCUT2D eigenvalue weighted by atomic mass is 10.00. The van der Waals surface area contributed by atoms with Gasteiger partial charge in [0.15, 0.2) is 0 Å². The van der Waals surface area contributed by atoms with Gasteiger partial charge in [-0.15, -0.1) is 0 Å². The fraction of sp³-hybridized carbons (Fsp3) is 0.0526. The summed E-state index contributed by atoms with van der Waals surface area (Å²) in [7, 11) is 0. The maximum Gasteiger partial charge on any atom is 0.368 e. The summed E-state index contributed by atoms with van der Waals surface area (Å²) in [5.74, 6) is -0.0666. The van der Waals surface area contributed by atoms with E-state index < -0.39 is 10.9 Å². The van der Waals surface area contributed by atoms with E-state index in [0.29, 0.717) is 23.5 Å². The third-order valence-corrected chi connectivity index (χ3v) is 3.60. The van der Waals surface area contributed by atoms with Crippen molar-refractivity contribution in [3.8, 4) is 5.75 Å². The van der Waals surface area contributed by atoms with Crippen LogP contribution in [0.4, 0.5) is 5.69 Å². The molecule has 2 aromatic carbocycles. The van der Waals surface area contributed by atoms with E-state index in [1.54, 1.807) is 36.4 Å². The van der Waals surface area contributed by atoms with Crippen LogP contribution < -0.4 is 4.74 Å². The first-order chi connectivity index (χ1) is 12.6. The highest BCUT2D eigenvalue weighted by molar-refractivity contribution is 6.31. The van der Waals surface area contributed by atoms with E-state index in [-0.39, 0.29) is 17.0 Å². The fourth-order valence-electron chi connectivity index (χ4n) is 2.42. The summed E-state index contributed by atoms with van der Waals surface area (Å²) in [5, 5.41) is 14.8. The number of ether oxygens (including phenoxy) is 1. The second kappa shape index (κ2) is 7.43. The standard InChI is InChI=1S/C19H14N2O5/c1-2-10-25-17-9-4-3-6-13(17)12-16-18(20-26-19(16)22)14-7-5-8-15(11-14)21(23)24/h2-9,11-12H,1,10H2. The zero-order valence-electron chi connectivity index (χ0n) is 13.6. The Morgan fingerprint density at radius 1 is 1.23 bits per heavy atom. The van der Waals surface area contributed by atoms with E-state index in [2.05, 4.69) is 11.7 Å². The van der Waals surface area contributed by atoms with Gasteiger partial charge < -0.3 is 9.57 Å². The summed E-state index contributed by atoms with van der Waals surface area (Å²) in [4.78, 5) is 27.4. The van der Waals surface area contributed by atoms with E-state index >= 15 is 0 Å². The molecule has 0 aliphatic carbocycles. The van der Waals surface area contributed by atoms with Gasteiger partial charge in [-0.1, -0.05) is 48.1 Å². The number of para-hydroxylation sites is 1. The van der Waals surface area contributed by atoms with Gasteiger partial charge in [-0.05, 0) is 12.1 Å².